The Kier molecular flexibility index (Phi) is 7.15. The molecule has 0 unspecified atom stereocenters. The first-order chi connectivity index (χ1) is 14.5. The molecule has 3 N–H and O–H groups in total. The molecule has 0 spiro atoms. The van der Waals surface area contributed by atoms with Crippen LogP contribution in [0.2, 0.25) is 0 Å². The van der Waals surface area contributed by atoms with Crippen LogP contribution in [0.3, 0.4) is 0 Å². The zero-order chi connectivity index (χ0) is 21.5. The molecule has 0 bridgehead atoms. The van der Waals surface area contributed by atoms with Gasteiger partial charge in [0, 0.05) is 24.1 Å². The lowest BCUT2D eigenvalue weighted by Gasteiger charge is -2.13. The third-order valence-corrected chi connectivity index (χ3v) is 5.49. The third kappa shape index (κ3) is 5.65. The van der Waals surface area contributed by atoms with Crippen LogP contribution < -0.4 is 20.7 Å². The van der Waals surface area contributed by atoms with Crippen LogP contribution in [0.1, 0.15) is 20.0 Å². The van der Waals surface area contributed by atoms with Gasteiger partial charge in [-0.15, -0.1) is 11.3 Å². The van der Waals surface area contributed by atoms with Gasteiger partial charge in [0.25, 0.3) is 11.8 Å². The number of pyridine rings is 1. The van der Waals surface area contributed by atoms with Crippen LogP contribution in [-0.2, 0) is 4.79 Å². The van der Waals surface area contributed by atoms with Gasteiger partial charge in [0.05, 0.1) is 33.6 Å². The molecule has 0 saturated carbocycles. The standard InChI is InChI=1S/C20H17BrN4O4S/c1-29-15-9-13(4-5-14(15)25-19(27)12-3-2-8-22-10-12)24-18(26)11-23-20(28)16-6-7-17(21)30-16/h2-10H,11H2,1H3,(H,23,28)(H,24,26)(H,25,27). The van der Waals surface area contributed by atoms with E-state index in [9.17, 15) is 14.4 Å². The monoisotopic (exact) mass is 488 g/mol. The van der Waals surface area contributed by atoms with E-state index in [1.54, 1.807) is 48.7 Å². The first-order valence-corrected chi connectivity index (χ1v) is 10.3. The first-order valence-electron chi connectivity index (χ1n) is 8.69. The van der Waals surface area contributed by atoms with Gasteiger partial charge < -0.3 is 20.7 Å². The smallest absolute Gasteiger partial charge is 0.261 e. The van der Waals surface area contributed by atoms with Gasteiger partial charge in [-0.3, -0.25) is 19.4 Å². The molecule has 2 aromatic heterocycles. The highest BCUT2D eigenvalue weighted by Crippen LogP contribution is 2.28. The predicted molar refractivity (Wildman–Crippen MR) is 118 cm³/mol. The maximum atomic E-state index is 12.3. The summed E-state index contributed by atoms with van der Waals surface area (Å²) in [4.78, 5) is 40.9. The molecule has 8 nitrogen and oxygen atoms in total. The molecule has 154 valence electrons. The van der Waals surface area contributed by atoms with Crippen molar-refractivity contribution in [2.24, 2.45) is 0 Å². The van der Waals surface area contributed by atoms with Crippen molar-refractivity contribution >= 4 is 56.4 Å². The van der Waals surface area contributed by atoms with Crippen molar-refractivity contribution in [3.63, 3.8) is 0 Å². The molecule has 1 aromatic carbocycles. The summed E-state index contributed by atoms with van der Waals surface area (Å²) in [6, 6.07) is 11.6. The Morgan fingerprint density at radius 2 is 1.93 bits per heavy atom. The van der Waals surface area contributed by atoms with E-state index in [2.05, 4.69) is 36.9 Å². The minimum absolute atomic E-state index is 0.184. The Bertz CT molecular complexity index is 1070. The number of methoxy groups -OCH3 is 1. The van der Waals surface area contributed by atoms with Crippen molar-refractivity contribution < 1.29 is 19.1 Å². The number of carbonyl (C=O) groups is 3. The van der Waals surface area contributed by atoms with Crippen LogP contribution in [0.25, 0.3) is 0 Å². The molecule has 2 heterocycles. The van der Waals surface area contributed by atoms with Crippen molar-refractivity contribution in [1.82, 2.24) is 10.3 Å². The summed E-state index contributed by atoms with van der Waals surface area (Å²) in [6.45, 7) is -0.184. The largest absolute Gasteiger partial charge is 0.494 e. The number of hydrogen-bond acceptors (Lipinski definition) is 6. The van der Waals surface area contributed by atoms with Gasteiger partial charge in [-0.1, -0.05) is 0 Å². The van der Waals surface area contributed by atoms with Crippen LogP contribution in [0.15, 0.2) is 58.6 Å². The van der Waals surface area contributed by atoms with E-state index < -0.39 is 5.91 Å². The number of halogens is 1. The fourth-order valence-corrected chi connectivity index (χ4v) is 3.76. The zero-order valence-corrected chi connectivity index (χ0v) is 18.2. The van der Waals surface area contributed by atoms with E-state index in [4.69, 9.17) is 4.74 Å². The summed E-state index contributed by atoms with van der Waals surface area (Å²) >= 11 is 4.57. The van der Waals surface area contributed by atoms with Gasteiger partial charge in [-0.05, 0) is 52.3 Å². The van der Waals surface area contributed by atoms with Gasteiger partial charge in [0.1, 0.15) is 5.75 Å². The molecule has 0 atom stereocenters. The highest BCUT2D eigenvalue weighted by atomic mass is 79.9. The van der Waals surface area contributed by atoms with E-state index in [0.29, 0.717) is 27.6 Å². The number of amides is 3. The Hall–Kier alpha value is -3.24. The second kappa shape index (κ2) is 9.99. The number of nitrogens with zero attached hydrogens (tertiary/aromatic N) is 1. The molecule has 3 rings (SSSR count). The molecule has 0 aliphatic rings. The highest BCUT2D eigenvalue weighted by molar-refractivity contribution is 9.11. The number of hydrogen-bond donors (Lipinski definition) is 3. The Balaban J connectivity index is 1.59. The molecular weight excluding hydrogens is 472 g/mol. The number of ether oxygens (including phenoxy) is 1. The normalized spacial score (nSPS) is 10.2. The van der Waals surface area contributed by atoms with E-state index in [1.807, 2.05) is 0 Å². The number of carbonyl (C=O) groups excluding carboxylic acids is 3. The van der Waals surface area contributed by atoms with Crippen molar-refractivity contribution in [3.05, 3.63) is 69.1 Å². The molecule has 0 fully saturated rings. The Morgan fingerprint density at radius 1 is 1.10 bits per heavy atom. The molecule has 10 heteroatoms. The van der Waals surface area contributed by atoms with Crippen LogP contribution >= 0.6 is 27.3 Å². The lowest BCUT2D eigenvalue weighted by Crippen LogP contribution is -2.32. The summed E-state index contributed by atoms with van der Waals surface area (Å²) in [5.41, 5.74) is 1.32. The average Bonchev–Trinajstić information content (AvgIpc) is 3.20. The van der Waals surface area contributed by atoms with E-state index in [1.165, 1.54) is 24.6 Å². The minimum atomic E-state index is -0.395. The van der Waals surface area contributed by atoms with Crippen LogP contribution in [0.5, 0.6) is 5.75 Å². The van der Waals surface area contributed by atoms with Crippen LogP contribution in [0, 0.1) is 0 Å². The quantitative estimate of drug-likeness (QED) is 0.471. The molecule has 3 aromatic rings. The molecule has 30 heavy (non-hydrogen) atoms. The summed E-state index contributed by atoms with van der Waals surface area (Å²) in [7, 11) is 1.46. The van der Waals surface area contributed by atoms with Crippen molar-refractivity contribution in [2.45, 2.75) is 0 Å². The Morgan fingerprint density at radius 3 is 2.60 bits per heavy atom. The number of anilines is 2. The third-order valence-electron chi connectivity index (χ3n) is 3.86. The Labute approximate surface area is 184 Å². The number of benzene rings is 1. The minimum Gasteiger partial charge on any atom is -0.494 e. The summed E-state index contributed by atoms with van der Waals surface area (Å²) in [5, 5.41) is 7.98. The van der Waals surface area contributed by atoms with Crippen LogP contribution in [0.4, 0.5) is 11.4 Å². The van der Waals surface area contributed by atoms with E-state index in [-0.39, 0.29) is 18.4 Å². The topological polar surface area (TPSA) is 109 Å². The zero-order valence-electron chi connectivity index (χ0n) is 15.8. The predicted octanol–water partition coefficient (Wildman–Crippen LogP) is 3.54. The maximum absolute atomic E-state index is 12.3. The number of thiophene rings is 1. The highest BCUT2D eigenvalue weighted by Gasteiger charge is 2.13. The van der Waals surface area contributed by atoms with Gasteiger partial charge >= 0.3 is 0 Å². The lowest BCUT2D eigenvalue weighted by atomic mass is 10.2. The lowest BCUT2D eigenvalue weighted by molar-refractivity contribution is -0.115. The molecule has 0 radical (unpaired) electrons. The first kappa shape index (κ1) is 21.5. The maximum Gasteiger partial charge on any atom is 0.261 e. The second-order valence-corrected chi connectivity index (χ2v) is 8.41. The van der Waals surface area contributed by atoms with Gasteiger partial charge in [-0.25, -0.2) is 0 Å². The number of nitrogens with one attached hydrogen (secondary N) is 3. The fraction of sp³-hybridized carbons (Fsp3) is 0.100. The van der Waals surface area contributed by atoms with Gasteiger partial charge in [0.15, 0.2) is 0 Å². The van der Waals surface area contributed by atoms with E-state index in [0.717, 1.165) is 3.79 Å². The molecular formula is C20H17BrN4O4S. The van der Waals surface area contributed by atoms with Gasteiger partial charge in [-0.2, -0.15) is 0 Å². The fourth-order valence-electron chi connectivity index (χ4n) is 2.45. The van der Waals surface area contributed by atoms with Crippen molar-refractivity contribution in [3.8, 4) is 5.75 Å². The van der Waals surface area contributed by atoms with Crippen molar-refractivity contribution in [2.75, 3.05) is 24.3 Å². The average molecular weight is 489 g/mol. The summed E-state index contributed by atoms with van der Waals surface area (Å²) < 4.78 is 6.14. The number of aromatic nitrogens is 1. The van der Waals surface area contributed by atoms with Crippen molar-refractivity contribution in [1.29, 1.82) is 0 Å². The van der Waals surface area contributed by atoms with E-state index >= 15 is 0 Å². The number of rotatable bonds is 7. The summed E-state index contributed by atoms with van der Waals surface area (Å²) in [5.74, 6) is -0.682. The van der Waals surface area contributed by atoms with Gasteiger partial charge in [0.2, 0.25) is 5.91 Å². The summed E-state index contributed by atoms with van der Waals surface area (Å²) in [6.07, 6.45) is 3.04. The SMILES string of the molecule is COc1cc(NC(=O)CNC(=O)c2ccc(Br)s2)ccc1NC(=O)c1cccnc1. The molecule has 0 saturated heterocycles. The molecule has 0 aliphatic heterocycles. The molecule has 0 aliphatic carbocycles. The van der Waals surface area contributed by atoms with Crippen LogP contribution in [-0.4, -0.2) is 36.4 Å². The second-order valence-electron chi connectivity index (χ2n) is 5.95. The molecule has 3 amide bonds.